The van der Waals surface area contributed by atoms with Gasteiger partial charge in [0.15, 0.2) is 0 Å². The summed E-state index contributed by atoms with van der Waals surface area (Å²) in [5, 5.41) is 21.4. The van der Waals surface area contributed by atoms with Gasteiger partial charge in [-0.3, -0.25) is 4.79 Å². The van der Waals surface area contributed by atoms with Crippen LogP contribution in [0, 0.1) is 25.2 Å². The van der Waals surface area contributed by atoms with Crippen molar-refractivity contribution in [3.05, 3.63) is 59.2 Å². The zero-order chi connectivity index (χ0) is 22.2. The zero-order valence-corrected chi connectivity index (χ0v) is 18.6. The van der Waals surface area contributed by atoms with Gasteiger partial charge in [0.2, 0.25) is 11.1 Å². The Kier molecular flexibility index (Phi) is 7.62. The van der Waals surface area contributed by atoms with E-state index in [1.54, 1.807) is 16.7 Å². The highest BCUT2D eigenvalue weighted by Crippen LogP contribution is 2.22. The number of aryl methyl sites for hydroxylation is 2. The summed E-state index contributed by atoms with van der Waals surface area (Å²) < 4.78 is 6.84. The molecular weight excluding hydrogens is 412 g/mol. The highest BCUT2D eigenvalue weighted by molar-refractivity contribution is 7.99. The monoisotopic (exact) mass is 436 g/mol. The lowest BCUT2D eigenvalue weighted by Gasteiger charge is -2.22. The zero-order valence-electron chi connectivity index (χ0n) is 17.8. The third kappa shape index (κ3) is 5.83. The van der Waals surface area contributed by atoms with Crippen LogP contribution >= 0.6 is 11.8 Å². The minimum absolute atomic E-state index is 0.0949. The first-order chi connectivity index (χ1) is 15.0. The summed E-state index contributed by atoms with van der Waals surface area (Å²) in [5.41, 5.74) is 4.07. The number of benzene rings is 2. The number of nitriles is 1. The number of amides is 1. The molecular formula is C22H24N6O2S. The van der Waals surface area contributed by atoms with E-state index in [0.29, 0.717) is 18.2 Å². The third-order valence-corrected chi connectivity index (χ3v) is 5.81. The van der Waals surface area contributed by atoms with Crippen LogP contribution in [0.25, 0.3) is 0 Å². The third-order valence-electron chi connectivity index (χ3n) is 4.87. The van der Waals surface area contributed by atoms with Gasteiger partial charge in [0.25, 0.3) is 0 Å². The fourth-order valence-corrected chi connectivity index (χ4v) is 3.71. The number of hydrogen-bond donors (Lipinski definition) is 0. The van der Waals surface area contributed by atoms with Crippen LogP contribution in [-0.2, 0) is 11.3 Å². The molecule has 0 aliphatic carbocycles. The maximum atomic E-state index is 13.0. The normalized spacial score (nSPS) is 10.5. The number of rotatable bonds is 9. The number of aromatic nitrogens is 4. The van der Waals surface area contributed by atoms with Crippen molar-refractivity contribution >= 4 is 23.4 Å². The molecule has 9 heteroatoms. The average molecular weight is 437 g/mol. The molecule has 0 atom stereocenters. The lowest BCUT2D eigenvalue weighted by atomic mass is 10.1. The minimum Gasteiger partial charge on any atom is -0.497 e. The quantitative estimate of drug-likeness (QED) is 0.474. The molecule has 1 amide bonds. The molecule has 0 aliphatic heterocycles. The highest BCUT2D eigenvalue weighted by atomic mass is 32.2. The lowest BCUT2D eigenvalue weighted by Crippen LogP contribution is -2.33. The van der Waals surface area contributed by atoms with Gasteiger partial charge < -0.3 is 9.64 Å². The second-order valence-corrected chi connectivity index (χ2v) is 7.92. The molecule has 2 aromatic carbocycles. The van der Waals surface area contributed by atoms with Gasteiger partial charge in [0.05, 0.1) is 31.9 Å². The summed E-state index contributed by atoms with van der Waals surface area (Å²) in [7, 11) is 1.62. The van der Waals surface area contributed by atoms with Crippen LogP contribution in [0.2, 0.25) is 0 Å². The Hall–Kier alpha value is -3.38. The first-order valence-corrected chi connectivity index (χ1v) is 10.8. The maximum Gasteiger partial charge on any atom is 0.237 e. The van der Waals surface area contributed by atoms with Crippen molar-refractivity contribution < 1.29 is 9.53 Å². The fourth-order valence-electron chi connectivity index (χ4n) is 2.96. The van der Waals surface area contributed by atoms with Crippen LogP contribution < -0.4 is 9.64 Å². The molecule has 0 bridgehead atoms. The van der Waals surface area contributed by atoms with Crippen LogP contribution in [-0.4, -0.2) is 45.5 Å². The molecule has 0 aliphatic rings. The van der Waals surface area contributed by atoms with Crippen molar-refractivity contribution in [1.82, 2.24) is 20.2 Å². The van der Waals surface area contributed by atoms with E-state index in [4.69, 9.17) is 10.00 Å². The predicted octanol–water partition coefficient (Wildman–Crippen LogP) is 3.39. The predicted molar refractivity (Wildman–Crippen MR) is 119 cm³/mol. The summed E-state index contributed by atoms with van der Waals surface area (Å²) in [5.74, 6) is 0.855. The molecule has 160 valence electrons. The lowest BCUT2D eigenvalue weighted by molar-refractivity contribution is -0.116. The second kappa shape index (κ2) is 10.6. The topological polar surface area (TPSA) is 96.9 Å². The first-order valence-electron chi connectivity index (χ1n) is 9.78. The van der Waals surface area contributed by atoms with Crippen molar-refractivity contribution in [2.75, 3.05) is 24.3 Å². The van der Waals surface area contributed by atoms with Crippen LogP contribution in [0.3, 0.4) is 0 Å². The Morgan fingerprint density at radius 3 is 2.65 bits per heavy atom. The van der Waals surface area contributed by atoms with Gasteiger partial charge in [-0.05, 0) is 65.2 Å². The molecule has 3 aromatic rings. The van der Waals surface area contributed by atoms with Crippen molar-refractivity contribution in [2.24, 2.45) is 0 Å². The molecule has 0 unspecified atom stereocenters. The van der Waals surface area contributed by atoms with E-state index in [-0.39, 0.29) is 18.1 Å². The summed E-state index contributed by atoms with van der Waals surface area (Å²) in [6.07, 6.45) is 0.262. The van der Waals surface area contributed by atoms with E-state index in [9.17, 15) is 4.79 Å². The van der Waals surface area contributed by atoms with Crippen LogP contribution in [0.5, 0.6) is 5.75 Å². The van der Waals surface area contributed by atoms with E-state index >= 15 is 0 Å². The van der Waals surface area contributed by atoms with E-state index in [0.717, 1.165) is 28.1 Å². The Labute approximate surface area is 185 Å². The number of hydrogen-bond acceptors (Lipinski definition) is 7. The largest absolute Gasteiger partial charge is 0.497 e. The van der Waals surface area contributed by atoms with Gasteiger partial charge in [-0.2, -0.15) is 5.26 Å². The van der Waals surface area contributed by atoms with Crippen molar-refractivity contribution in [2.45, 2.75) is 32.0 Å². The van der Waals surface area contributed by atoms with E-state index < -0.39 is 0 Å². The summed E-state index contributed by atoms with van der Waals surface area (Å²) in [6.45, 7) is 4.87. The van der Waals surface area contributed by atoms with Crippen molar-refractivity contribution in [3.63, 3.8) is 0 Å². The smallest absolute Gasteiger partial charge is 0.237 e. The molecule has 0 spiro atoms. The average Bonchev–Trinajstić information content (AvgIpc) is 3.22. The Balaban J connectivity index is 1.68. The highest BCUT2D eigenvalue weighted by Gasteiger charge is 2.18. The number of tetrazole rings is 1. The van der Waals surface area contributed by atoms with E-state index in [2.05, 4.69) is 21.6 Å². The number of carbonyl (C=O) groups is 1. The Bertz CT molecular complexity index is 1070. The van der Waals surface area contributed by atoms with Crippen molar-refractivity contribution in [3.8, 4) is 11.8 Å². The summed E-state index contributed by atoms with van der Waals surface area (Å²) in [6, 6.07) is 15.6. The standard InChI is InChI=1S/C22H24N6O2S/c1-16-5-8-19(13-17(16)2)27(12-4-11-23)21(29)15-31-22-24-25-26-28(22)14-18-6-9-20(30-3)10-7-18/h5-10,13H,4,12,14-15H2,1-3H3. The number of thioether (sulfide) groups is 1. The second-order valence-electron chi connectivity index (χ2n) is 6.98. The molecule has 0 fully saturated rings. The van der Waals surface area contributed by atoms with Gasteiger partial charge in [0.1, 0.15) is 5.75 Å². The Morgan fingerprint density at radius 2 is 1.97 bits per heavy atom. The number of ether oxygens (including phenoxy) is 1. The van der Waals surface area contributed by atoms with E-state index in [1.807, 2.05) is 56.3 Å². The number of carbonyl (C=O) groups excluding carboxylic acids is 1. The van der Waals surface area contributed by atoms with Gasteiger partial charge in [-0.25, -0.2) is 4.68 Å². The number of nitrogens with zero attached hydrogens (tertiary/aromatic N) is 6. The molecule has 0 saturated heterocycles. The van der Waals surface area contributed by atoms with Crippen LogP contribution in [0.4, 0.5) is 5.69 Å². The molecule has 8 nitrogen and oxygen atoms in total. The van der Waals surface area contributed by atoms with E-state index in [1.165, 1.54) is 11.8 Å². The minimum atomic E-state index is -0.0949. The van der Waals surface area contributed by atoms with Gasteiger partial charge in [0, 0.05) is 12.2 Å². The molecule has 0 N–H and O–H groups in total. The number of anilines is 1. The van der Waals surface area contributed by atoms with Crippen LogP contribution in [0.15, 0.2) is 47.6 Å². The molecule has 31 heavy (non-hydrogen) atoms. The Morgan fingerprint density at radius 1 is 1.19 bits per heavy atom. The first kappa shape index (κ1) is 22.3. The molecule has 0 saturated carbocycles. The molecule has 1 aromatic heterocycles. The van der Waals surface area contributed by atoms with Gasteiger partial charge >= 0.3 is 0 Å². The number of methoxy groups -OCH3 is 1. The SMILES string of the molecule is COc1ccc(Cn2nnnc2SCC(=O)N(CCC#N)c2ccc(C)c(C)c2)cc1. The molecule has 1 heterocycles. The molecule has 0 radical (unpaired) electrons. The molecule has 3 rings (SSSR count). The van der Waals surface area contributed by atoms with Crippen LogP contribution in [0.1, 0.15) is 23.1 Å². The van der Waals surface area contributed by atoms with Gasteiger partial charge in [-0.1, -0.05) is 30.0 Å². The van der Waals surface area contributed by atoms with Crippen molar-refractivity contribution in [1.29, 1.82) is 5.26 Å². The summed E-state index contributed by atoms with van der Waals surface area (Å²) >= 11 is 1.28. The fraction of sp³-hybridized carbons (Fsp3) is 0.318. The van der Waals surface area contributed by atoms with Gasteiger partial charge in [-0.15, -0.1) is 5.10 Å². The summed E-state index contributed by atoms with van der Waals surface area (Å²) in [4.78, 5) is 14.6. The maximum absolute atomic E-state index is 13.0.